The Morgan fingerprint density at radius 1 is 1.20 bits per heavy atom. The van der Waals surface area contributed by atoms with Crippen LogP contribution in [-0.2, 0) is 22.5 Å². The van der Waals surface area contributed by atoms with Gasteiger partial charge in [-0.05, 0) is 37.8 Å². The highest BCUT2D eigenvalue weighted by molar-refractivity contribution is 7.16. The van der Waals surface area contributed by atoms with E-state index in [2.05, 4.69) is 17.1 Å². The molecule has 1 aromatic carbocycles. The van der Waals surface area contributed by atoms with E-state index in [1.807, 2.05) is 37.3 Å². The summed E-state index contributed by atoms with van der Waals surface area (Å²) in [5.41, 5.74) is 2.29. The van der Waals surface area contributed by atoms with Crippen molar-refractivity contribution in [3.05, 3.63) is 51.9 Å². The molecule has 1 fully saturated rings. The number of esters is 1. The SMILES string of the molecule is CCN(c1sc(CCNC(=O)OCc2ccccc2)c(C(=O)OC)c1C)C1CCN(C(=O)O)CC1. The van der Waals surface area contributed by atoms with Crippen LogP contribution in [0.5, 0.6) is 0 Å². The fourth-order valence-electron chi connectivity index (χ4n) is 4.37. The third-order valence-electron chi connectivity index (χ3n) is 6.20. The first kappa shape index (κ1) is 26.3. The van der Waals surface area contributed by atoms with Crippen LogP contribution in [0.4, 0.5) is 14.6 Å². The van der Waals surface area contributed by atoms with Crippen LogP contribution in [0.3, 0.4) is 0 Å². The topological polar surface area (TPSA) is 108 Å². The molecule has 1 aliphatic rings. The number of methoxy groups -OCH3 is 1. The Hall–Kier alpha value is -3.27. The molecule has 0 aliphatic carbocycles. The molecule has 9 nitrogen and oxygen atoms in total. The van der Waals surface area contributed by atoms with Crippen molar-refractivity contribution in [3.63, 3.8) is 0 Å². The van der Waals surface area contributed by atoms with E-state index in [0.717, 1.165) is 40.4 Å². The number of carbonyl (C=O) groups is 3. The molecule has 0 spiro atoms. The molecule has 0 radical (unpaired) electrons. The van der Waals surface area contributed by atoms with E-state index in [9.17, 15) is 19.5 Å². The molecule has 3 rings (SSSR count). The Labute approximate surface area is 209 Å². The van der Waals surface area contributed by atoms with Crippen molar-refractivity contribution < 1.29 is 29.0 Å². The smallest absolute Gasteiger partial charge is 0.407 e. The second-order valence-corrected chi connectivity index (χ2v) is 9.43. The van der Waals surface area contributed by atoms with Gasteiger partial charge < -0.3 is 29.7 Å². The molecule has 0 unspecified atom stereocenters. The first-order valence-corrected chi connectivity index (χ1v) is 12.6. The van der Waals surface area contributed by atoms with Gasteiger partial charge in [0.2, 0.25) is 0 Å². The maximum Gasteiger partial charge on any atom is 0.407 e. The van der Waals surface area contributed by atoms with E-state index in [1.54, 1.807) is 0 Å². The van der Waals surface area contributed by atoms with Gasteiger partial charge in [-0.15, -0.1) is 11.3 Å². The number of rotatable bonds is 9. The Morgan fingerprint density at radius 2 is 1.89 bits per heavy atom. The summed E-state index contributed by atoms with van der Waals surface area (Å²) in [6.07, 6.45) is 0.529. The zero-order chi connectivity index (χ0) is 25.4. The standard InChI is InChI=1S/C25H33N3O6S/c1-4-28(19-11-14-27(15-12-19)25(31)32)22-17(2)21(23(29)33-3)20(35-22)10-13-26-24(30)34-16-18-8-6-5-7-9-18/h5-9,19H,4,10-16H2,1-3H3,(H,26,30)(H,31,32). The fourth-order valence-corrected chi connectivity index (χ4v) is 5.79. The maximum atomic E-state index is 12.6. The molecule has 2 amide bonds. The lowest BCUT2D eigenvalue weighted by Crippen LogP contribution is -2.46. The van der Waals surface area contributed by atoms with Crippen LogP contribution < -0.4 is 10.2 Å². The van der Waals surface area contributed by atoms with Crippen molar-refractivity contribution in [1.82, 2.24) is 10.2 Å². The van der Waals surface area contributed by atoms with E-state index in [-0.39, 0.29) is 12.6 Å². The molecule has 0 atom stereocenters. The van der Waals surface area contributed by atoms with Gasteiger partial charge in [0.25, 0.3) is 0 Å². The number of likely N-dealkylation sites (tertiary alicyclic amines) is 1. The second-order valence-electron chi connectivity index (χ2n) is 8.35. The van der Waals surface area contributed by atoms with E-state index >= 15 is 0 Å². The second kappa shape index (κ2) is 12.4. The average Bonchev–Trinajstić information content (AvgIpc) is 3.19. The average molecular weight is 504 g/mol. The monoisotopic (exact) mass is 503 g/mol. The number of hydrogen-bond donors (Lipinski definition) is 2. The lowest BCUT2D eigenvalue weighted by atomic mass is 10.0. The largest absolute Gasteiger partial charge is 0.465 e. The molecule has 2 N–H and O–H groups in total. The van der Waals surface area contributed by atoms with Crippen LogP contribution in [0, 0.1) is 6.92 Å². The number of alkyl carbamates (subject to hydrolysis) is 1. The van der Waals surface area contributed by atoms with Crippen LogP contribution in [-0.4, -0.2) is 67.5 Å². The normalized spacial score (nSPS) is 13.9. The van der Waals surface area contributed by atoms with Gasteiger partial charge in [0.1, 0.15) is 6.61 Å². The number of thiophene rings is 1. The molecule has 1 aromatic heterocycles. The summed E-state index contributed by atoms with van der Waals surface area (Å²) in [5, 5.41) is 13.0. The Balaban J connectivity index is 1.66. The highest BCUT2D eigenvalue weighted by Crippen LogP contribution is 2.38. The maximum absolute atomic E-state index is 12.6. The van der Waals surface area contributed by atoms with Gasteiger partial charge in [-0.2, -0.15) is 0 Å². The minimum atomic E-state index is -0.885. The summed E-state index contributed by atoms with van der Waals surface area (Å²) in [6.45, 7) is 6.21. The molecule has 10 heteroatoms. The Bertz CT molecular complexity index is 1020. The van der Waals surface area contributed by atoms with Gasteiger partial charge >= 0.3 is 18.2 Å². The third kappa shape index (κ3) is 6.66. The van der Waals surface area contributed by atoms with E-state index in [1.165, 1.54) is 23.3 Å². The molecule has 0 bridgehead atoms. The number of nitrogens with one attached hydrogen (secondary N) is 1. The predicted octanol–water partition coefficient (Wildman–Crippen LogP) is 4.28. The molecule has 2 heterocycles. The minimum absolute atomic E-state index is 0.189. The lowest BCUT2D eigenvalue weighted by molar-refractivity contribution is 0.0599. The van der Waals surface area contributed by atoms with Gasteiger partial charge in [-0.25, -0.2) is 14.4 Å². The molecular formula is C25H33N3O6S. The molecule has 2 aromatic rings. The van der Waals surface area contributed by atoms with E-state index in [0.29, 0.717) is 31.6 Å². The zero-order valence-corrected chi connectivity index (χ0v) is 21.2. The van der Waals surface area contributed by atoms with Crippen molar-refractivity contribution in [2.45, 2.75) is 45.8 Å². The summed E-state index contributed by atoms with van der Waals surface area (Å²) < 4.78 is 10.3. The number of piperidine rings is 1. The number of benzene rings is 1. The molecule has 35 heavy (non-hydrogen) atoms. The van der Waals surface area contributed by atoms with Gasteiger partial charge in [0, 0.05) is 43.5 Å². The first-order chi connectivity index (χ1) is 16.8. The van der Waals surface area contributed by atoms with Gasteiger partial charge in [-0.1, -0.05) is 30.3 Å². The first-order valence-electron chi connectivity index (χ1n) is 11.7. The summed E-state index contributed by atoms with van der Waals surface area (Å²) in [5.74, 6) is -0.400. The number of ether oxygens (including phenoxy) is 2. The highest BCUT2D eigenvalue weighted by Gasteiger charge is 2.30. The lowest BCUT2D eigenvalue weighted by Gasteiger charge is -2.38. The number of anilines is 1. The zero-order valence-electron chi connectivity index (χ0n) is 20.4. The van der Waals surface area contributed by atoms with Crippen LogP contribution in [0.15, 0.2) is 30.3 Å². The summed E-state index contributed by atoms with van der Waals surface area (Å²) in [7, 11) is 1.36. The van der Waals surface area contributed by atoms with Gasteiger partial charge in [-0.3, -0.25) is 0 Å². The molecule has 1 aliphatic heterocycles. The number of nitrogens with zero attached hydrogens (tertiary/aromatic N) is 2. The number of amides is 2. The summed E-state index contributed by atoms with van der Waals surface area (Å²) >= 11 is 1.53. The molecule has 0 saturated carbocycles. The van der Waals surface area contributed by atoms with Crippen molar-refractivity contribution in [2.24, 2.45) is 0 Å². The highest BCUT2D eigenvalue weighted by atomic mass is 32.1. The number of carbonyl (C=O) groups excluding carboxylic acids is 2. The summed E-state index contributed by atoms with van der Waals surface area (Å²) in [4.78, 5) is 40.5. The van der Waals surface area contributed by atoms with E-state index < -0.39 is 18.2 Å². The number of hydrogen-bond acceptors (Lipinski definition) is 7. The van der Waals surface area contributed by atoms with Crippen molar-refractivity contribution >= 4 is 34.5 Å². The third-order valence-corrected chi connectivity index (χ3v) is 7.58. The summed E-state index contributed by atoms with van der Waals surface area (Å²) in [6, 6.07) is 9.64. The van der Waals surface area contributed by atoms with Crippen molar-refractivity contribution in [3.8, 4) is 0 Å². The molecule has 1 saturated heterocycles. The molecule has 190 valence electrons. The van der Waals surface area contributed by atoms with Gasteiger partial charge in [0.05, 0.1) is 17.7 Å². The minimum Gasteiger partial charge on any atom is -0.465 e. The van der Waals surface area contributed by atoms with Crippen LogP contribution >= 0.6 is 11.3 Å². The van der Waals surface area contributed by atoms with Gasteiger partial charge in [0.15, 0.2) is 0 Å². The van der Waals surface area contributed by atoms with E-state index in [4.69, 9.17) is 9.47 Å². The quantitative estimate of drug-likeness (QED) is 0.492. The Kier molecular flexibility index (Phi) is 9.36. The van der Waals surface area contributed by atoms with Crippen LogP contribution in [0.2, 0.25) is 0 Å². The molecular weight excluding hydrogens is 470 g/mol. The van der Waals surface area contributed by atoms with Crippen molar-refractivity contribution in [1.29, 1.82) is 0 Å². The predicted molar refractivity (Wildman–Crippen MR) is 134 cm³/mol. The Morgan fingerprint density at radius 3 is 2.49 bits per heavy atom. The van der Waals surface area contributed by atoms with Crippen LogP contribution in [0.25, 0.3) is 0 Å². The van der Waals surface area contributed by atoms with Crippen LogP contribution in [0.1, 0.15) is 46.1 Å². The van der Waals surface area contributed by atoms with Crippen molar-refractivity contribution in [2.75, 3.05) is 38.2 Å². The fraction of sp³-hybridized carbons (Fsp3) is 0.480. The number of carboxylic acid groups (broad SMARTS) is 1.